The molecule has 0 aliphatic carbocycles. The summed E-state index contributed by atoms with van der Waals surface area (Å²) in [6, 6.07) is 61.9. The van der Waals surface area contributed by atoms with Crippen LogP contribution in [0.3, 0.4) is 0 Å². The predicted molar refractivity (Wildman–Crippen MR) is 204 cm³/mol. The second-order valence-electron chi connectivity index (χ2n) is 12.5. The summed E-state index contributed by atoms with van der Waals surface area (Å²) in [7, 11) is 0. The molecule has 0 bridgehead atoms. The number of para-hydroxylation sites is 1. The molecule has 2 heterocycles. The minimum atomic E-state index is 0.847. The third-order valence-electron chi connectivity index (χ3n) is 9.67. The van der Waals surface area contributed by atoms with E-state index in [-0.39, 0.29) is 0 Å². The summed E-state index contributed by atoms with van der Waals surface area (Å²) in [6.45, 7) is 0. The van der Waals surface area contributed by atoms with Gasteiger partial charge in [0.2, 0.25) is 0 Å². The molecule has 230 valence electrons. The van der Waals surface area contributed by atoms with Gasteiger partial charge in [0.15, 0.2) is 0 Å². The fraction of sp³-hybridized carbons (Fsp3) is 0. The van der Waals surface area contributed by atoms with Crippen molar-refractivity contribution in [1.82, 2.24) is 0 Å². The van der Waals surface area contributed by atoms with Gasteiger partial charge in [0.1, 0.15) is 22.3 Å². The molecule has 10 aromatic rings. The first kappa shape index (κ1) is 27.5. The summed E-state index contributed by atoms with van der Waals surface area (Å²) in [5, 5.41) is 6.80. The Balaban J connectivity index is 1.18. The van der Waals surface area contributed by atoms with Crippen LogP contribution in [0.4, 0.5) is 17.1 Å². The largest absolute Gasteiger partial charge is 0.456 e. The Hall–Kier alpha value is -6.58. The first-order valence-electron chi connectivity index (χ1n) is 16.6. The Morgan fingerprint density at radius 3 is 1.76 bits per heavy atom. The molecule has 0 saturated carbocycles. The van der Waals surface area contributed by atoms with E-state index in [1.165, 1.54) is 33.0 Å². The van der Waals surface area contributed by atoms with Gasteiger partial charge in [-0.25, -0.2) is 0 Å². The zero-order valence-corrected chi connectivity index (χ0v) is 26.5. The van der Waals surface area contributed by atoms with Crippen LogP contribution < -0.4 is 4.90 Å². The molecule has 0 saturated heterocycles. The van der Waals surface area contributed by atoms with Gasteiger partial charge in [-0.15, -0.1) is 0 Å². The quantitative estimate of drug-likeness (QED) is 0.190. The maximum atomic E-state index is 6.64. The molecule has 0 amide bonds. The van der Waals surface area contributed by atoms with Crippen molar-refractivity contribution in [2.24, 2.45) is 0 Å². The van der Waals surface area contributed by atoms with Crippen LogP contribution in [0.25, 0.3) is 76.9 Å². The van der Waals surface area contributed by atoms with Gasteiger partial charge in [-0.1, -0.05) is 121 Å². The van der Waals surface area contributed by atoms with Crippen molar-refractivity contribution in [2.75, 3.05) is 4.90 Å². The first-order chi connectivity index (χ1) is 24.3. The summed E-state index contributed by atoms with van der Waals surface area (Å²) >= 11 is 0. The average Bonchev–Trinajstić information content (AvgIpc) is 3.74. The number of hydrogen-bond donors (Lipinski definition) is 0. The Labute approximate surface area is 282 Å². The van der Waals surface area contributed by atoms with Crippen molar-refractivity contribution >= 4 is 71.7 Å². The topological polar surface area (TPSA) is 29.5 Å². The van der Waals surface area contributed by atoms with Crippen LogP contribution in [0.1, 0.15) is 0 Å². The first-order valence-corrected chi connectivity index (χ1v) is 16.6. The average molecular weight is 628 g/mol. The molecule has 2 aromatic heterocycles. The van der Waals surface area contributed by atoms with E-state index in [0.29, 0.717) is 0 Å². The Morgan fingerprint density at radius 1 is 0.327 bits per heavy atom. The number of fused-ring (bicyclic) bond motifs is 8. The monoisotopic (exact) mass is 627 g/mol. The molecular weight excluding hydrogens is 599 g/mol. The van der Waals surface area contributed by atoms with E-state index in [4.69, 9.17) is 8.83 Å². The molecule has 10 rings (SSSR count). The van der Waals surface area contributed by atoms with Crippen LogP contribution in [-0.2, 0) is 0 Å². The SMILES string of the molecule is c1ccc(-c2ccc(N(c3ccc4c(c3)oc3ccc5c(-c6ccccc6)cccc5c34)c3cccc4oc5ccccc5c34)cc2)cc1. The van der Waals surface area contributed by atoms with Crippen molar-refractivity contribution in [1.29, 1.82) is 0 Å². The van der Waals surface area contributed by atoms with E-state index in [1.54, 1.807) is 0 Å². The summed E-state index contributed by atoms with van der Waals surface area (Å²) in [6.07, 6.45) is 0. The summed E-state index contributed by atoms with van der Waals surface area (Å²) < 4.78 is 13.0. The lowest BCUT2D eigenvalue weighted by Crippen LogP contribution is -2.10. The van der Waals surface area contributed by atoms with Crippen LogP contribution in [-0.4, -0.2) is 0 Å². The van der Waals surface area contributed by atoms with Crippen molar-refractivity contribution < 1.29 is 8.83 Å². The Bertz CT molecular complexity index is 2810. The van der Waals surface area contributed by atoms with E-state index in [1.807, 2.05) is 18.2 Å². The van der Waals surface area contributed by atoms with Crippen molar-refractivity contribution in [2.45, 2.75) is 0 Å². The molecule has 0 aliphatic heterocycles. The second-order valence-corrected chi connectivity index (χ2v) is 12.5. The molecule has 0 spiro atoms. The molecule has 49 heavy (non-hydrogen) atoms. The van der Waals surface area contributed by atoms with Crippen LogP contribution in [0.2, 0.25) is 0 Å². The van der Waals surface area contributed by atoms with Crippen molar-refractivity contribution in [3.63, 3.8) is 0 Å². The van der Waals surface area contributed by atoms with Crippen LogP contribution in [0, 0.1) is 0 Å². The molecule has 3 heteroatoms. The highest BCUT2D eigenvalue weighted by molar-refractivity contribution is 6.21. The number of furan rings is 2. The number of nitrogens with zero attached hydrogens (tertiary/aromatic N) is 1. The van der Waals surface area contributed by atoms with Crippen molar-refractivity contribution in [3.8, 4) is 22.3 Å². The van der Waals surface area contributed by atoms with E-state index < -0.39 is 0 Å². The molecule has 0 aliphatic rings. The zero-order chi connectivity index (χ0) is 32.3. The molecular formula is C46H29NO2. The van der Waals surface area contributed by atoms with Gasteiger partial charge >= 0.3 is 0 Å². The summed E-state index contributed by atoms with van der Waals surface area (Å²) in [5.74, 6) is 0. The lowest BCUT2D eigenvalue weighted by Gasteiger charge is -2.26. The standard InChI is InChI=1S/C46H29NO2/c1-3-11-30(12-4-1)31-21-23-33(24-22-31)47(40-18-10-20-42-46(40)38-15-7-8-19-41(38)48-42)34-25-26-39-44(29-34)49-43-28-27-36-35(32-13-5-2-6-14-32)16-9-17-37(36)45(39)43/h1-29H. The molecule has 0 radical (unpaired) electrons. The minimum Gasteiger partial charge on any atom is -0.456 e. The summed E-state index contributed by atoms with van der Waals surface area (Å²) in [4.78, 5) is 2.32. The highest BCUT2D eigenvalue weighted by atomic mass is 16.3. The van der Waals surface area contributed by atoms with E-state index in [9.17, 15) is 0 Å². The second kappa shape index (κ2) is 11.0. The number of anilines is 3. The lowest BCUT2D eigenvalue weighted by atomic mass is 9.95. The van der Waals surface area contributed by atoms with E-state index in [0.717, 1.165) is 60.9 Å². The maximum absolute atomic E-state index is 6.64. The normalized spacial score (nSPS) is 11.7. The highest BCUT2D eigenvalue weighted by Crippen LogP contribution is 2.45. The highest BCUT2D eigenvalue weighted by Gasteiger charge is 2.21. The van der Waals surface area contributed by atoms with E-state index in [2.05, 4.69) is 163 Å². The number of rotatable bonds is 5. The van der Waals surface area contributed by atoms with Gasteiger partial charge in [0, 0.05) is 33.6 Å². The van der Waals surface area contributed by atoms with Gasteiger partial charge in [-0.3, -0.25) is 0 Å². The number of benzene rings is 8. The molecule has 0 fully saturated rings. The molecule has 0 unspecified atom stereocenters. The Morgan fingerprint density at radius 2 is 0.918 bits per heavy atom. The number of hydrogen-bond acceptors (Lipinski definition) is 3. The molecule has 8 aromatic carbocycles. The minimum absolute atomic E-state index is 0.847. The van der Waals surface area contributed by atoms with Gasteiger partial charge in [0.25, 0.3) is 0 Å². The lowest BCUT2D eigenvalue weighted by molar-refractivity contribution is 0.669. The van der Waals surface area contributed by atoms with Gasteiger partial charge in [0.05, 0.1) is 11.1 Å². The predicted octanol–water partition coefficient (Wildman–Crippen LogP) is 13.4. The summed E-state index contributed by atoms with van der Waals surface area (Å²) in [5.41, 5.74) is 11.3. The van der Waals surface area contributed by atoms with Crippen molar-refractivity contribution in [3.05, 3.63) is 176 Å². The van der Waals surface area contributed by atoms with E-state index >= 15 is 0 Å². The van der Waals surface area contributed by atoms with Crippen LogP contribution in [0.5, 0.6) is 0 Å². The molecule has 0 atom stereocenters. The molecule has 3 nitrogen and oxygen atoms in total. The van der Waals surface area contributed by atoms with Gasteiger partial charge < -0.3 is 13.7 Å². The van der Waals surface area contributed by atoms with Crippen LogP contribution in [0.15, 0.2) is 185 Å². The Kier molecular flexibility index (Phi) is 6.18. The van der Waals surface area contributed by atoms with Crippen LogP contribution >= 0.6 is 0 Å². The maximum Gasteiger partial charge on any atom is 0.137 e. The fourth-order valence-corrected chi connectivity index (χ4v) is 7.43. The molecule has 0 N–H and O–H groups in total. The third kappa shape index (κ3) is 4.44. The van der Waals surface area contributed by atoms with Gasteiger partial charge in [-0.2, -0.15) is 0 Å². The van der Waals surface area contributed by atoms with Gasteiger partial charge in [-0.05, 0) is 81.6 Å². The smallest absolute Gasteiger partial charge is 0.137 e. The third-order valence-corrected chi connectivity index (χ3v) is 9.67. The fourth-order valence-electron chi connectivity index (χ4n) is 7.43. The zero-order valence-electron chi connectivity index (χ0n) is 26.5.